The Labute approximate surface area is 756 Å². The van der Waals surface area contributed by atoms with E-state index in [-0.39, 0.29) is 213 Å². The average molecular weight is 1940 g/mol. The van der Waals surface area contributed by atoms with Crippen molar-refractivity contribution in [3.63, 3.8) is 0 Å². The van der Waals surface area contributed by atoms with Crippen molar-refractivity contribution >= 4 is 116 Å². The predicted molar refractivity (Wildman–Crippen MR) is 480 cm³/mol. The van der Waals surface area contributed by atoms with Crippen molar-refractivity contribution in [2.45, 2.75) is 222 Å². The molecule has 1 aliphatic carbocycles. The number of unbranched alkanes of at least 4 members (excludes halogenated alkanes) is 1. The summed E-state index contributed by atoms with van der Waals surface area (Å²) in [7, 11) is -26.9. The number of rotatable bonds is 52. The molecular formula is C68H149B5N20O30S5. The van der Waals surface area contributed by atoms with Crippen LogP contribution in [0.3, 0.4) is 0 Å². The van der Waals surface area contributed by atoms with Gasteiger partial charge < -0.3 is 133 Å². The van der Waals surface area contributed by atoms with E-state index in [9.17, 15) is 91.6 Å². The van der Waals surface area contributed by atoms with Crippen molar-refractivity contribution in [2.75, 3.05) is 144 Å². The molecule has 10 atom stereocenters. The molecule has 6 fully saturated rings. The summed E-state index contributed by atoms with van der Waals surface area (Å²) in [4.78, 5) is 58.4. The summed E-state index contributed by atoms with van der Waals surface area (Å²) in [5.74, 6) is -9.31. The van der Waals surface area contributed by atoms with E-state index in [0.717, 1.165) is 40.8 Å². The Morgan fingerprint density at radius 3 is 0.867 bits per heavy atom. The van der Waals surface area contributed by atoms with Gasteiger partial charge in [-0.05, 0) is 124 Å². The van der Waals surface area contributed by atoms with Gasteiger partial charge in [0.05, 0.1) is 0 Å². The number of carboxylic acid groups (broad SMARTS) is 5. The molecule has 0 radical (unpaired) electrons. The van der Waals surface area contributed by atoms with Gasteiger partial charge in [0.15, 0.2) is 0 Å². The molecule has 6 aliphatic rings. The minimum Gasteiger partial charge on any atom is -0.480 e. The predicted octanol–water partition coefficient (Wildman–Crippen LogP) is -9.88. The van der Waals surface area contributed by atoms with Crippen molar-refractivity contribution in [3.8, 4) is 0 Å². The molecular weight excluding hydrogens is 1790 g/mol. The fraction of sp³-hybridized carbons (Fsp3) is 0.926. The van der Waals surface area contributed by atoms with Crippen LogP contribution in [-0.4, -0.2) is 416 Å². The zero-order valence-corrected chi connectivity index (χ0v) is 79.2. The number of aliphatic carboxylic acids is 5. The first kappa shape index (κ1) is 120. The van der Waals surface area contributed by atoms with Crippen molar-refractivity contribution in [1.29, 1.82) is 0 Å². The molecule has 128 heavy (non-hydrogen) atoms. The number of hydrogen-bond acceptors (Lipinski definition) is 35. The highest BCUT2D eigenvalue weighted by atomic mass is 32.2. The Morgan fingerprint density at radius 2 is 0.633 bits per heavy atom. The summed E-state index contributed by atoms with van der Waals surface area (Å²) in [6.07, 6.45) is 6.54. The van der Waals surface area contributed by atoms with Crippen molar-refractivity contribution in [3.05, 3.63) is 0 Å². The second-order valence-corrected chi connectivity index (χ2v) is 45.0. The van der Waals surface area contributed by atoms with Crippen molar-refractivity contribution < 1.29 is 142 Å². The third-order valence-corrected chi connectivity index (χ3v) is 33.8. The number of nitrogens with zero attached hydrogens (tertiary/aromatic N) is 10. The molecule has 50 nitrogen and oxygen atoms in total. The van der Waals surface area contributed by atoms with E-state index in [0.29, 0.717) is 51.5 Å². The van der Waals surface area contributed by atoms with Crippen LogP contribution in [0.4, 0.5) is 0 Å². The van der Waals surface area contributed by atoms with Gasteiger partial charge in [-0.25, -0.2) is 0 Å². The summed E-state index contributed by atoms with van der Waals surface area (Å²) in [6.45, 7) is 14.8. The van der Waals surface area contributed by atoms with Crippen LogP contribution in [0.1, 0.15) is 145 Å². The lowest BCUT2D eigenvalue weighted by molar-refractivity contribution is -0.145. The molecule has 5 heterocycles. The Kier molecular flexibility index (Phi) is 49.4. The summed E-state index contributed by atoms with van der Waals surface area (Å²) >= 11 is 0. The second-order valence-electron chi connectivity index (χ2n) is 35.5. The Hall–Kier alpha value is -3.78. The van der Waals surface area contributed by atoms with Crippen LogP contribution in [0.2, 0.25) is 31.6 Å². The third-order valence-electron chi connectivity index (χ3n) is 23.6. The van der Waals surface area contributed by atoms with Gasteiger partial charge in [0.2, 0.25) is 0 Å². The van der Waals surface area contributed by atoms with Gasteiger partial charge in [-0.1, -0.05) is 59.3 Å². The van der Waals surface area contributed by atoms with E-state index in [1.165, 1.54) is 21.5 Å². The molecule has 5 aliphatic heterocycles. The SMILES string of the molecule is CC(C)(C)N(CCN)S(=O)(=O)N1C[C@H](CCCB(O)O)[C@](N)(C(=O)O)C1.CC(C)CN(CCN)S(=O)(=O)N1C[C@H](CCCB(O)O)[C@](N)(C(=O)O)C1.CC(C)N(CCN)S(=O)(=O)N1C[C@H](CCCB(O)O)[C@](N)(C(=O)O)C1.CCCCN(CCN)S(=O)(=O)N1C[C@H](CCCB(O)O)[C@](N)(C(=O)O)C1.NCCN(C1CC1)S(=O)(=O)N1C[C@H](CCCB(O)O)[C@](N)(C(=O)O)C1. The molecule has 1 saturated carbocycles. The standard InChI is InChI=1S/3C14H31BN4O6S.C13H27BN4O6S.C13H29BN4O6S/c1-13(2,3)19(8-7-16)26(24,25)18-9-11(5-4-6-15(22)23)14(17,10-18)12(20)21;1-11(2)8-18(7-6-16)26(24,25)19-9-12(4-3-5-15(22)23)14(17,10-19)13(20)21;1-2-3-8-18(9-7-16)26(24,25)19-10-12(5-4-6-15(22)23)14(17,11-19)13(20)21;15-6-7-18(11-3-4-11)25(23,24)17-8-10(2-1-5-14(21)22)13(16,9-17)12(19)20;1-10(2)18(7-6-15)25(23,24)17-8-11(4-3-5-14(21)22)13(16,9-17)12(19)20/h11,22-23H,4-10,16-17H2,1-3H3,(H,20,21);11-12,22-23H,3-10,16-17H2,1-2H3,(H,20,21);12,22-23H,2-11,16-17H2,1H3,(H,20,21);10-11,21-22H,1-9,15-16H2,(H,19,20);10-11,21-22H,3-9,15-16H2,1-2H3,(H,19,20)/t11-,14-;2*12-,14-;10-,13-;11-,13-/m00000/s1. The highest BCUT2D eigenvalue weighted by Gasteiger charge is 2.59. The van der Waals surface area contributed by atoms with Crippen LogP contribution >= 0.6 is 0 Å². The lowest BCUT2D eigenvalue weighted by Crippen LogP contribution is -2.57. The van der Waals surface area contributed by atoms with Gasteiger partial charge in [0.25, 0.3) is 51.0 Å². The molecule has 35 N–H and O–H groups in total. The molecule has 5 saturated heterocycles. The molecule has 0 spiro atoms. The monoisotopic (exact) mass is 1940 g/mol. The maximum Gasteiger partial charge on any atom is 0.451 e. The molecule has 0 bridgehead atoms. The Bertz CT molecular complexity index is 3960. The molecule has 60 heteroatoms. The first-order chi connectivity index (χ1) is 58.9. The molecule has 0 unspecified atom stereocenters. The maximum atomic E-state index is 13.1. The topological polar surface area (TPSA) is 852 Å². The van der Waals surface area contributed by atoms with Crippen LogP contribution in [0.15, 0.2) is 0 Å². The molecule has 746 valence electrons. The van der Waals surface area contributed by atoms with E-state index < -0.39 is 179 Å². The number of hydrogen-bond donors (Lipinski definition) is 25. The average Bonchev–Trinajstić information content (AvgIpc) is 1.62. The summed E-state index contributed by atoms with van der Waals surface area (Å²) < 4.78 is 141. The third kappa shape index (κ3) is 33.6. The fourth-order valence-corrected chi connectivity index (χ4v) is 25.7. The lowest BCUT2D eigenvalue weighted by atomic mass is 9.78. The van der Waals surface area contributed by atoms with Crippen LogP contribution in [0.5, 0.6) is 0 Å². The summed E-state index contributed by atoms with van der Waals surface area (Å²) in [5, 5.41) is 137. The van der Waals surface area contributed by atoms with Crippen LogP contribution in [0, 0.1) is 35.5 Å². The second kappa shape index (κ2) is 52.5. The Balaban J connectivity index is 0.000000542. The van der Waals surface area contributed by atoms with E-state index >= 15 is 0 Å². The zero-order chi connectivity index (χ0) is 98.7. The summed E-state index contributed by atoms with van der Waals surface area (Å²) in [6, 6.07) is -0.400. The van der Waals surface area contributed by atoms with E-state index in [2.05, 4.69) is 0 Å². The normalized spacial score (nSPS) is 25.3. The summed E-state index contributed by atoms with van der Waals surface area (Å²) in [5.41, 5.74) is 48.6. The van der Waals surface area contributed by atoms with Crippen molar-refractivity contribution in [1.82, 2.24) is 43.1 Å². The minimum atomic E-state index is -3.95. The van der Waals surface area contributed by atoms with E-state index in [1.54, 1.807) is 34.6 Å². The number of carboxylic acids is 5. The number of carbonyl (C=O) groups is 5. The minimum absolute atomic E-state index is 0.000445. The first-order valence-corrected chi connectivity index (χ1v) is 50.1. The molecule has 0 aromatic rings. The largest absolute Gasteiger partial charge is 0.480 e. The highest BCUT2D eigenvalue weighted by molar-refractivity contribution is 7.88. The van der Waals surface area contributed by atoms with Crippen molar-refractivity contribution in [2.24, 2.45) is 92.8 Å². The van der Waals surface area contributed by atoms with Crippen LogP contribution < -0.4 is 57.3 Å². The smallest absolute Gasteiger partial charge is 0.451 e. The van der Waals surface area contributed by atoms with Gasteiger partial charge >= 0.3 is 65.4 Å². The molecule has 0 amide bonds. The van der Waals surface area contributed by atoms with Gasteiger partial charge in [-0.2, -0.15) is 85.1 Å². The van der Waals surface area contributed by atoms with E-state index in [4.69, 9.17) is 108 Å². The highest BCUT2D eigenvalue weighted by Crippen LogP contribution is 2.41. The van der Waals surface area contributed by atoms with E-state index in [1.807, 2.05) is 20.8 Å². The lowest BCUT2D eigenvalue weighted by Gasteiger charge is -2.37. The van der Waals surface area contributed by atoms with Gasteiger partial charge in [-0.3, -0.25) is 24.0 Å². The first-order valence-electron chi connectivity index (χ1n) is 43.1. The molecule has 0 aromatic heterocycles. The van der Waals surface area contributed by atoms with Crippen LogP contribution in [-0.2, 0) is 75.0 Å². The molecule has 6 rings (SSSR count). The fourth-order valence-electron chi connectivity index (χ4n) is 16.1. The Morgan fingerprint density at radius 1 is 0.375 bits per heavy atom. The quantitative estimate of drug-likeness (QED) is 0.0252. The van der Waals surface area contributed by atoms with Gasteiger partial charge in [-0.15, -0.1) is 0 Å². The van der Waals surface area contributed by atoms with Gasteiger partial charge in [0, 0.05) is 191 Å². The van der Waals surface area contributed by atoms with Gasteiger partial charge in [0.1, 0.15) is 27.7 Å². The molecule has 0 aromatic carbocycles. The zero-order valence-electron chi connectivity index (χ0n) is 75.1. The van der Waals surface area contributed by atoms with Crippen LogP contribution in [0.25, 0.3) is 0 Å². The number of nitrogens with two attached hydrogens (primary N) is 10. The maximum absolute atomic E-state index is 13.1.